The molecule has 3 aromatic rings. The molecule has 0 bridgehead atoms. The van der Waals surface area contributed by atoms with Crippen LogP contribution in [0.5, 0.6) is 0 Å². The predicted octanol–water partition coefficient (Wildman–Crippen LogP) is 3.65. The van der Waals surface area contributed by atoms with E-state index in [-0.39, 0.29) is 11.9 Å². The Labute approximate surface area is 177 Å². The molecular weight excluding hydrogens is 378 g/mol. The second-order valence-corrected chi connectivity index (χ2v) is 7.44. The highest BCUT2D eigenvalue weighted by Crippen LogP contribution is 2.23. The van der Waals surface area contributed by atoms with Crippen LogP contribution in [0.25, 0.3) is 11.0 Å². The van der Waals surface area contributed by atoms with E-state index in [2.05, 4.69) is 11.5 Å². The van der Waals surface area contributed by atoms with Gasteiger partial charge in [-0.25, -0.2) is 13.9 Å². The Morgan fingerprint density at radius 2 is 1.83 bits per heavy atom. The number of amides is 1. The minimum atomic E-state index is -0.411. The summed E-state index contributed by atoms with van der Waals surface area (Å²) in [5.74, 6) is 0.638. The number of likely N-dealkylation sites (N-methyl/N-ethyl adjacent to an activating group) is 1. The predicted molar refractivity (Wildman–Crippen MR) is 116 cm³/mol. The summed E-state index contributed by atoms with van der Waals surface area (Å²) >= 11 is 0. The van der Waals surface area contributed by atoms with Crippen LogP contribution in [0.15, 0.2) is 48.5 Å². The SMILES string of the molecule is CCOC(=O)c1ccc2c(c1)n([C@@H](C)C(=O)N(C)Cc1ccccc1)c(C)[n+]2CC. The maximum atomic E-state index is 13.3. The summed E-state index contributed by atoms with van der Waals surface area (Å²) in [6.45, 7) is 9.42. The summed E-state index contributed by atoms with van der Waals surface area (Å²) in [6, 6.07) is 15.1. The molecule has 0 N–H and O–H groups in total. The highest BCUT2D eigenvalue weighted by Gasteiger charge is 2.31. The van der Waals surface area contributed by atoms with Gasteiger partial charge in [0.25, 0.3) is 11.7 Å². The highest BCUT2D eigenvalue weighted by atomic mass is 16.5. The Morgan fingerprint density at radius 3 is 2.47 bits per heavy atom. The first-order chi connectivity index (χ1) is 14.4. The second kappa shape index (κ2) is 9.11. The van der Waals surface area contributed by atoms with Gasteiger partial charge >= 0.3 is 5.97 Å². The van der Waals surface area contributed by atoms with Crippen molar-refractivity contribution in [2.45, 2.75) is 46.8 Å². The van der Waals surface area contributed by atoms with Crippen LogP contribution < -0.4 is 4.57 Å². The third-order valence-corrected chi connectivity index (χ3v) is 5.48. The molecule has 1 atom stereocenters. The molecule has 0 saturated carbocycles. The fourth-order valence-electron chi connectivity index (χ4n) is 4.02. The summed E-state index contributed by atoms with van der Waals surface area (Å²) in [7, 11) is 1.82. The molecule has 158 valence electrons. The maximum absolute atomic E-state index is 13.3. The number of hydrogen-bond acceptors (Lipinski definition) is 3. The lowest BCUT2D eigenvalue weighted by Crippen LogP contribution is -2.37. The number of fused-ring (bicyclic) bond motifs is 1. The maximum Gasteiger partial charge on any atom is 0.338 e. The second-order valence-electron chi connectivity index (χ2n) is 7.44. The Balaban J connectivity index is 2.00. The lowest BCUT2D eigenvalue weighted by atomic mass is 10.1. The highest BCUT2D eigenvalue weighted by molar-refractivity contribution is 5.93. The van der Waals surface area contributed by atoms with Gasteiger partial charge in [-0.15, -0.1) is 0 Å². The van der Waals surface area contributed by atoms with Crippen molar-refractivity contribution in [3.63, 3.8) is 0 Å². The monoisotopic (exact) mass is 408 g/mol. The van der Waals surface area contributed by atoms with Gasteiger partial charge in [0, 0.05) is 26.6 Å². The van der Waals surface area contributed by atoms with Gasteiger partial charge in [0.1, 0.15) is 0 Å². The average Bonchev–Trinajstić information content (AvgIpc) is 3.03. The van der Waals surface area contributed by atoms with Crippen molar-refractivity contribution in [3.8, 4) is 0 Å². The number of imidazole rings is 1. The Hall–Kier alpha value is -3.15. The van der Waals surface area contributed by atoms with Crippen LogP contribution in [0.1, 0.15) is 48.6 Å². The lowest BCUT2D eigenvalue weighted by Gasteiger charge is -2.20. The first-order valence-electron chi connectivity index (χ1n) is 10.4. The normalized spacial score (nSPS) is 12.0. The first kappa shape index (κ1) is 21.6. The summed E-state index contributed by atoms with van der Waals surface area (Å²) in [4.78, 5) is 27.3. The van der Waals surface area contributed by atoms with Gasteiger partial charge in [0.05, 0.1) is 18.7 Å². The number of ether oxygens (including phenoxy) is 1. The molecule has 1 amide bonds. The van der Waals surface area contributed by atoms with Gasteiger partial charge < -0.3 is 9.64 Å². The molecule has 0 saturated heterocycles. The summed E-state index contributed by atoms with van der Waals surface area (Å²) in [5, 5.41) is 0. The number of rotatable bonds is 7. The van der Waals surface area contributed by atoms with Crippen LogP contribution >= 0.6 is 0 Å². The number of aryl methyl sites for hydroxylation is 1. The van der Waals surface area contributed by atoms with Crippen molar-refractivity contribution in [2.24, 2.45) is 0 Å². The zero-order valence-electron chi connectivity index (χ0n) is 18.4. The molecule has 6 nitrogen and oxygen atoms in total. The van der Waals surface area contributed by atoms with E-state index in [9.17, 15) is 9.59 Å². The van der Waals surface area contributed by atoms with Crippen molar-refractivity contribution in [3.05, 3.63) is 65.5 Å². The van der Waals surface area contributed by atoms with Gasteiger partial charge in [-0.1, -0.05) is 30.3 Å². The molecule has 0 aliphatic heterocycles. The zero-order valence-corrected chi connectivity index (χ0v) is 18.4. The standard InChI is InChI=1S/C24H30N3O3/c1-6-26-18(4)27(22-15-20(13-14-21(22)26)24(29)30-7-2)17(3)23(28)25(5)16-19-11-9-8-10-12-19/h8-15,17H,6-7,16H2,1-5H3/q+1/t17-/m0/s1. The van der Waals surface area contributed by atoms with Gasteiger partial charge in [0.15, 0.2) is 17.1 Å². The number of carbonyl (C=O) groups is 2. The average molecular weight is 409 g/mol. The molecule has 6 heteroatoms. The molecule has 0 radical (unpaired) electrons. The van der Waals surface area contributed by atoms with E-state index >= 15 is 0 Å². The molecule has 0 unspecified atom stereocenters. The Bertz CT molecular complexity index is 1060. The van der Waals surface area contributed by atoms with Gasteiger partial charge in [-0.2, -0.15) is 0 Å². The molecule has 3 rings (SSSR count). The molecule has 2 aromatic carbocycles. The van der Waals surface area contributed by atoms with Gasteiger partial charge in [0.2, 0.25) is 0 Å². The van der Waals surface area contributed by atoms with Crippen molar-refractivity contribution in [1.82, 2.24) is 9.47 Å². The topological polar surface area (TPSA) is 55.4 Å². The third kappa shape index (κ3) is 4.08. The van der Waals surface area contributed by atoms with E-state index in [4.69, 9.17) is 4.74 Å². The molecule has 1 aromatic heterocycles. The van der Waals surface area contributed by atoms with E-state index in [1.54, 1.807) is 17.9 Å². The number of carbonyl (C=O) groups excluding carboxylic acids is 2. The van der Waals surface area contributed by atoms with Crippen LogP contribution in [0, 0.1) is 6.92 Å². The number of nitrogens with zero attached hydrogens (tertiary/aromatic N) is 3. The molecule has 1 heterocycles. The summed E-state index contributed by atoms with van der Waals surface area (Å²) in [6.07, 6.45) is 0. The largest absolute Gasteiger partial charge is 0.462 e. The lowest BCUT2D eigenvalue weighted by molar-refractivity contribution is -0.675. The summed E-state index contributed by atoms with van der Waals surface area (Å²) in [5.41, 5.74) is 3.42. The minimum absolute atomic E-state index is 0.0173. The van der Waals surface area contributed by atoms with Crippen LogP contribution in [-0.4, -0.2) is 35.0 Å². The molecule has 0 fully saturated rings. The van der Waals surface area contributed by atoms with Crippen molar-refractivity contribution >= 4 is 22.9 Å². The molecule has 0 aliphatic rings. The van der Waals surface area contributed by atoms with Crippen molar-refractivity contribution in [1.29, 1.82) is 0 Å². The van der Waals surface area contributed by atoms with Crippen molar-refractivity contribution < 1.29 is 18.9 Å². The number of hydrogen-bond donors (Lipinski definition) is 0. The minimum Gasteiger partial charge on any atom is -0.462 e. The first-order valence-corrected chi connectivity index (χ1v) is 10.4. The fourth-order valence-corrected chi connectivity index (χ4v) is 4.02. The third-order valence-electron chi connectivity index (χ3n) is 5.48. The fraction of sp³-hybridized carbons (Fsp3) is 0.375. The van der Waals surface area contributed by atoms with Crippen molar-refractivity contribution in [2.75, 3.05) is 13.7 Å². The van der Waals surface area contributed by atoms with Gasteiger partial charge in [-0.05, 0) is 38.5 Å². The van der Waals surface area contributed by atoms with E-state index in [1.807, 2.05) is 67.9 Å². The molecular formula is C24H30N3O3+. The van der Waals surface area contributed by atoms with Crippen LogP contribution in [0.4, 0.5) is 0 Å². The van der Waals surface area contributed by atoms with E-state index < -0.39 is 6.04 Å². The van der Waals surface area contributed by atoms with E-state index in [0.717, 1.165) is 29.0 Å². The van der Waals surface area contributed by atoms with E-state index in [1.165, 1.54) is 0 Å². The number of aromatic nitrogens is 2. The van der Waals surface area contributed by atoms with Crippen LogP contribution in [0.2, 0.25) is 0 Å². The quantitative estimate of drug-likeness (QED) is 0.443. The van der Waals surface area contributed by atoms with Gasteiger partial charge in [-0.3, -0.25) is 4.79 Å². The molecule has 0 spiro atoms. The number of benzene rings is 2. The Morgan fingerprint density at radius 1 is 1.13 bits per heavy atom. The zero-order chi connectivity index (χ0) is 21.8. The van der Waals surface area contributed by atoms with Crippen LogP contribution in [0.3, 0.4) is 0 Å². The number of esters is 1. The van der Waals surface area contributed by atoms with E-state index in [0.29, 0.717) is 18.7 Å². The van der Waals surface area contributed by atoms with Crippen LogP contribution in [-0.2, 0) is 22.6 Å². The Kier molecular flexibility index (Phi) is 6.55. The smallest absolute Gasteiger partial charge is 0.338 e. The molecule has 30 heavy (non-hydrogen) atoms. The summed E-state index contributed by atoms with van der Waals surface area (Å²) < 4.78 is 9.34. The molecule has 0 aliphatic carbocycles.